The largest absolute Gasteiger partial charge is 0.495 e. The van der Waals surface area contributed by atoms with Crippen LogP contribution in [0.4, 0.5) is 5.69 Å². The Balaban J connectivity index is 1.48. The summed E-state index contributed by atoms with van der Waals surface area (Å²) in [4.78, 5) is 25.4. The summed E-state index contributed by atoms with van der Waals surface area (Å²) in [5.74, 6) is 1.41. The van der Waals surface area contributed by atoms with Gasteiger partial charge in [-0.2, -0.15) is 5.10 Å². The van der Waals surface area contributed by atoms with Gasteiger partial charge in [0.05, 0.1) is 36.7 Å². The number of anilines is 1. The van der Waals surface area contributed by atoms with Gasteiger partial charge in [0.15, 0.2) is 5.58 Å². The van der Waals surface area contributed by atoms with Crippen LogP contribution in [-0.4, -0.2) is 34.3 Å². The summed E-state index contributed by atoms with van der Waals surface area (Å²) < 4.78 is 19.1. The van der Waals surface area contributed by atoms with E-state index in [1.54, 1.807) is 24.5 Å². The Morgan fingerprint density at radius 2 is 1.97 bits per heavy atom. The zero-order valence-electron chi connectivity index (χ0n) is 18.0. The normalized spacial score (nSPS) is 11.2. The molecule has 1 N–H and O–H groups in total. The number of carbonyl (C=O) groups excluding carboxylic acids is 1. The molecule has 1 amide bonds. The molecule has 10 heteroatoms. The van der Waals surface area contributed by atoms with Crippen molar-refractivity contribution in [3.05, 3.63) is 51.7 Å². The topological polar surface area (TPSA) is 100 Å². The molecule has 0 unspecified atom stereocenters. The number of amides is 1. The highest BCUT2D eigenvalue weighted by molar-refractivity contribution is 6.32. The van der Waals surface area contributed by atoms with Crippen molar-refractivity contribution in [1.82, 2.24) is 14.2 Å². The molecular formula is C22H23ClN4O5. The number of furan rings is 1. The van der Waals surface area contributed by atoms with E-state index in [0.29, 0.717) is 52.7 Å². The second kappa shape index (κ2) is 8.96. The molecule has 168 valence electrons. The van der Waals surface area contributed by atoms with Crippen molar-refractivity contribution in [1.29, 1.82) is 0 Å². The Hall–Kier alpha value is -3.46. The summed E-state index contributed by atoms with van der Waals surface area (Å²) >= 11 is 6.15. The van der Waals surface area contributed by atoms with E-state index in [9.17, 15) is 9.59 Å². The molecule has 0 aliphatic heterocycles. The Bertz CT molecular complexity index is 1350. The molecule has 0 radical (unpaired) electrons. The van der Waals surface area contributed by atoms with E-state index < -0.39 is 0 Å². The second-order valence-electron chi connectivity index (χ2n) is 7.17. The summed E-state index contributed by atoms with van der Waals surface area (Å²) in [6.45, 7) is 2.28. The smallest absolute Gasteiger partial charge is 0.291 e. The van der Waals surface area contributed by atoms with Gasteiger partial charge in [-0.25, -0.2) is 4.68 Å². The second-order valence-corrected chi connectivity index (χ2v) is 7.58. The highest BCUT2D eigenvalue weighted by Gasteiger charge is 2.16. The SMILES string of the molecule is CCc1nn(CCCC(=O)Nc2cc(Cl)c(OC)cc2OC)c(=O)c2cc3occc3n12. The van der Waals surface area contributed by atoms with Crippen molar-refractivity contribution in [2.45, 2.75) is 32.7 Å². The number of halogens is 1. The highest BCUT2D eigenvalue weighted by Crippen LogP contribution is 2.36. The van der Waals surface area contributed by atoms with E-state index in [-0.39, 0.29) is 17.9 Å². The van der Waals surface area contributed by atoms with Crippen LogP contribution in [0.1, 0.15) is 25.6 Å². The van der Waals surface area contributed by atoms with Crippen LogP contribution < -0.4 is 20.3 Å². The van der Waals surface area contributed by atoms with Crippen LogP contribution in [-0.2, 0) is 17.8 Å². The summed E-state index contributed by atoms with van der Waals surface area (Å²) in [5, 5.41) is 7.65. The van der Waals surface area contributed by atoms with Gasteiger partial charge in [0.2, 0.25) is 5.91 Å². The maximum atomic E-state index is 12.9. The maximum Gasteiger partial charge on any atom is 0.291 e. The molecule has 9 nitrogen and oxygen atoms in total. The first kappa shape index (κ1) is 21.8. The number of aromatic nitrogens is 3. The van der Waals surface area contributed by atoms with Crippen LogP contribution in [0.5, 0.6) is 11.5 Å². The molecule has 32 heavy (non-hydrogen) atoms. The molecule has 4 rings (SSSR count). The average Bonchev–Trinajstić information content (AvgIpc) is 3.37. The van der Waals surface area contributed by atoms with Gasteiger partial charge in [0.1, 0.15) is 22.8 Å². The molecule has 3 heterocycles. The molecule has 0 bridgehead atoms. The number of ether oxygens (including phenoxy) is 2. The molecule has 1 aromatic carbocycles. The van der Waals surface area contributed by atoms with Gasteiger partial charge in [-0.3, -0.25) is 14.0 Å². The number of fused-ring (bicyclic) bond motifs is 3. The molecule has 0 saturated heterocycles. The first-order valence-electron chi connectivity index (χ1n) is 10.2. The molecule has 3 aromatic heterocycles. The van der Waals surface area contributed by atoms with E-state index in [1.165, 1.54) is 18.9 Å². The van der Waals surface area contributed by atoms with Crippen molar-refractivity contribution in [2.75, 3.05) is 19.5 Å². The van der Waals surface area contributed by atoms with Crippen LogP contribution in [0, 0.1) is 0 Å². The summed E-state index contributed by atoms with van der Waals surface area (Å²) in [7, 11) is 3.00. The number of methoxy groups -OCH3 is 2. The van der Waals surface area contributed by atoms with Crippen molar-refractivity contribution in [2.24, 2.45) is 0 Å². The fourth-order valence-corrected chi connectivity index (χ4v) is 3.90. The molecule has 0 fully saturated rings. The third-order valence-corrected chi connectivity index (χ3v) is 5.50. The number of benzene rings is 1. The molecule has 0 atom stereocenters. The van der Waals surface area contributed by atoms with E-state index in [4.69, 9.17) is 25.5 Å². The van der Waals surface area contributed by atoms with E-state index in [0.717, 1.165) is 11.3 Å². The van der Waals surface area contributed by atoms with Crippen LogP contribution in [0.3, 0.4) is 0 Å². The Kier molecular flexibility index (Phi) is 6.09. The predicted octanol–water partition coefficient (Wildman–Crippen LogP) is 3.89. The fourth-order valence-electron chi connectivity index (χ4n) is 3.66. The van der Waals surface area contributed by atoms with E-state index in [2.05, 4.69) is 10.4 Å². The van der Waals surface area contributed by atoms with Gasteiger partial charge in [-0.15, -0.1) is 0 Å². The van der Waals surface area contributed by atoms with Gasteiger partial charge in [-0.05, 0) is 12.5 Å². The summed E-state index contributed by atoms with van der Waals surface area (Å²) in [5.41, 5.74) is 2.19. The standard InChI is InChI=1S/C22H23ClN4O5/c1-4-20-25-26(22(29)16-11-19-15(27(16)20)7-9-32-19)8-5-6-21(28)24-14-10-13(23)17(30-2)12-18(14)31-3/h7,9-12H,4-6,8H2,1-3H3,(H,24,28). The summed E-state index contributed by atoms with van der Waals surface area (Å²) in [6.07, 6.45) is 2.86. The van der Waals surface area contributed by atoms with E-state index in [1.807, 2.05) is 17.4 Å². The number of carbonyl (C=O) groups is 1. The van der Waals surface area contributed by atoms with E-state index >= 15 is 0 Å². The first-order chi connectivity index (χ1) is 15.5. The molecular weight excluding hydrogens is 436 g/mol. The molecule has 0 aliphatic carbocycles. The lowest BCUT2D eigenvalue weighted by Gasteiger charge is -2.13. The molecule has 0 saturated carbocycles. The number of nitrogens with zero attached hydrogens (tertiary/aromatic N) is 3. The molecule has 4 aromatic rings. The van der Waals surface area contributed by atoms with Gasteiger partial charge in [0.25, 0.3) is 5.56 Å². The van der Waals surface area contributed by atoms with Crippen molar-refractivity contribution < 1.29 is 18.7 Å². The lowest BCUT2D eigenvalue weighted by atomic mass is 10.2. The van der Waals surface area contributed by atoms with Crippen LogP contribution in [0.25, 0.3) is 16.6 Å². The molecule has 0 spiro atoms. The average molecular weight is 459 g/mol. The van der Waals surface area contributed by atoms with Crippen LogP contribution >= 0.6 is 11.6 Å². The third-order valence-electron chi connectivity index (χ3n) is 5.21. The minimum atomic E-state index is -0.227. The van der Waals surface area contributed by atoms with Crippen LogP contribution in [0.2, 0.25) is 5.02 Å². The number of hydrogen-bond acceptors (Lipinski definition) is 6. The van der Waals surface area contributed by atoms with Crippen LogP contribution in [0.15, 0.2) is 39.7 Å². The number of aryl methyl sites for hydroxylation is 2. The predicted molar refractivity (Wildman–Crippen MR) is 121 cm³/mol. The molecule has 0 aliphatic rings. The lowest BCUT2D eigenvalue weighted by molar-refractivity contribution is -0.116. The number of nitrogens with one attached hydrogen (secondary N) is 1. The highest BCUT2D eigenvalue weighted by atomic mass is 35.5. The maximum absolute atomic E-state index is 12.9. The van der Waals surface area contributed by atoms with Gasteiger partial charge >= 0.3 is 0 Å². The van der Waals surface area contributed by atoms with Gasteiger partial charge in [0, 0.05) is 37.6 Å². The van der Waals surface area contributed by atoms with Gasteiger partial charge in [-0.1, -0.05) is 18.5 Å². The lowest BCUT2D eigenvalue weighted by Crippen LogP contribution is -2.27. The number of rotatable bonds is 8. The van der Waals surface area contributed by atoms with Crippen molar-refractivity contribution in [3.63, 3.8) is 0 Å². The minimum absolute atomic E-state index is 0.191. The first-order valence-corrected chi connectivity index (χ1v) is 10.5. The van der Waals surface area contributed by atoms with Crippen molar-refractivity contribution >= 4 is 39.8 Å². The fraction of sp³-hybridized carbons (Fsp3) is 0.318. The number of hydrogen-bond donors (Lipinski definition) is 1. The Morgan fingerprint density at radius 1 is 1.19 bits per heavy atom. The zero-order chi connectivity index (χ0) is 22.8. The third kappa shape index (κ3) is 3.91. The zero-order valence-corrected chi connectivity index (χ0v) is 18.7. The Morgan fingerprint density at radius 3 is 2.69 bits per heavy atom. The Labute approximate surface area is 188 Å². The summed E-state index contributed by atoms with van der Waals surface area (Å²) in [6, 6.07) is 6.72. The van der Waals surface area contributed by atoms with Gasteiger partial charge < -0.3 is 19.2 Å². The minimum Gasteiger partial charge on any atom is -0.495 e. The quantitative estimate of drug-likeness (QED) is 0.430. The monoisotopic (exact) mass is 458 g/mol. The van der Waals surface area contributed by atoms with Crippen molar-refractivity contribution in [3.8, 4) is 11.5 Å².